The van der Waals surface area contributed by atoms with E-state index in [0.29, 0.717) is 17.1 Å². The van der Waals surface area contributed by atoms with Crippen LogP contribution in [-0.2, 0) is 4.79 Å². The number of fused-ring (bicyclic) bond motifs is 1. The van der Waals surface area contributed by atoms with Crippen LogP contribution < -0.4 is 14.8 Å². The fourth-order valence-electron chi connectivity index (χ4n) is 2.99. The second-order valence-electron chi connectivity index (χ2n) is 6.61. The highest BCUT2D eigenvalue weighted by Gasteiger charge is 2.13. The van der Waals surface area contributed by atoms with Crippen LogP contribution in [0, 0.1) is 0 Å². The molecular weight excluding hydrogens is 354 g/mol. The van der Waals surface area contributed by atoms with Gasteiger partial charge in [0.15, 0.2) is 23.9 Å². The Morgan fingerprint density at radius 2 is 1.71 bits per heavy atom. The van der Waals surface area contributed by atoms with Gasteiger partial charge in [0, 0.05) is 5.56 Å². The first-order valence-corrected chi connectivity index (χ1v) is 9.08. The van der Waals surface area contributed by atoms with Crippen molar-refractivity contribution in [3.63, 3.8) is 0 Å². The van der Waals surface area contributed by atoms with Gasteiger partial charge in [-0.2, -0.15) is 0 Å². The Hall–Kier alpha value is -3.34. The molecule has 0 aliphatic heterocycles. The summed E-state index contributed by atoms with van der Waals surface area (Å²) in [6, 6.07) is 19.0. The number of hydrogen-bond acceptors (Lipinski definition) is 4. The van der Waals surface area contributed by atoms with Gasteiger partial charge >= 0.3 is 0 Å². The van der Waals surface area contributed by atoms with Crippen molar-refractivity contribution >= 4 is 22.5 Å². The number of hydrogen-bond donors (Lipinski definition) is 1. The molecule has 28 heavy (non-hydrogen) atoms. The van der Waals surface area contributed by atoms with E-state index in [2.05, 4.69) is 17.4 Å². The molecule has 3 rings (SSSR count). The van der Waals surface area contributed by atoms with Crippen LogP contribution in [0.25, 0.3) is 10.8 Å². The predicted molar refractivity (Wildman–Crippen MR) is 109 cm³/mol. The number of amides is 1. The number of carbonyl (C=O) groups is 2. The van der Waals surface area contributed by atoms with Gasteiger partial charge in [-0.3, -0.25) is 9.59 Å². The van der Waals surface area contributed by atoms with Gasteiger partial charge in [0.25, 0.3) is 5.91 Å². The minimum atomic E-state index is -0.238. The molecule has 0 bridgehead atoms. The van der Waals surface area contributed by atoms with Crippen LogP contribution in [0.4, 0.5) is 0 Å². The molecule has 3 aromatic carbocycles. The Morgan fingerprint density at radius 1 is 0.964 bits per heavy atom. The molecule has 3 aromatic rings. The molecule has 0 heterocycles. The van der Waals surface area contributed by atoms with Crippen LogP contribution in [0.5, 0.6) is 11.5 Å². The van der Waals surface area contributed by atoms with Crippen LogP contribution in [0.3, 0.4) is 0 Å². The molecule has 1 N–H and O–H groups in total. The van der Waals surface area contributed by atoms with E-state index in [1.165, 1.54) is 14.0 Å². The van der Waals surface area contributed by atoms with E-state index in [4.69, 9.17) is 9.47 Å². The highest BCUT2D eigenvalue weighted by Crippen LogP contribution is 2.28. The zero-order chi connectivity index (χ0) is 20.1. The van der Waals surface area contributed by atoms with Crippen molar-refractivity contribution in [2.24, 2.45) is 0 Å². The Kier molecular flexibility index (Phi) is 5.94. The predicted octanol–water partition coefficient (Wildman–Crippen LogP) is 4.31. The van der Waals surface area contributed by atoms with Crippen molar-refractivity contribution < 1.29 is 19.1 Å². The number of nitrogens with one attached hydrogen (secondary N) is 1. The van der Waals surface area contributed by atoms with Gasteiger partial charge in [-0.1, -0.05) is 36.4 Å². The molecule has 0 aliphatic rings. The third kappa shape index (κ3) is 4.49. The first-order valence-electron chi connectivity index (χ1n) is 9.08. The summed E-state index contributed by atoms with van der Waals surface area (Å²) in [6.07, 6.45) is 0. The second kappa shape index (κ2) is 8.57. The summed E-state index contributed by atoms with van der Waals surface area (Å²) in [4.78, 5) is 23.8. The molecule has 0 spiro atoms. The van der Waals surface area contributed by atoms with Gasteiger partial charge in [0.2, 0.25) is 0 Å². The summed E-state index contributed by atoms with van der Waals surface area (Å²) in [5.74, 6) is 0.536. The Bertz CT molecular complexity index is 1010. The summed E-state index contributed by atoms with van der Waals surface area (Å²) in [7, 11) is 1.49. The van der Waals surface area contributed by atoms with E-state index in [1.807, 2.05) is 37.3 Å². The number of methoxy groups -OCH3 is 1. The lowest BCUT2D eigenvalue weighted by molar-refractivity contribution is -0.123. The molecular formula is C23H23NO4. The van der Waals surface area contributed by atoms with Gasteiger partial charge in [0.05, 0.1) is 13.2 Å². The molecule has 0 saturated heterocycles. The van der Waals surface area contributed by atoms with Crippen molar-refractivity contribution in [1.29, 1.82) is 0 Å². The normalized spacial score (nSPS) is 11.7. The minimum Gasteiger partial charge on any atom is -0.493 e. The van der Waals surface area contributed by atoms with E-state index in [0.717, 1.165) is 16.3 Å². The fourth-order valence-corrected chi connectivity index (χ4v) is 2.99. The van der Waals surface area contributed by atoms with Gasteiger partial charge in [0.1, 0.15) is 0 Å². The average molecular weight is 377 g/mol. The number of ketones is 1. The van der Waals surface area contributed by atoms with Crippen LogP contribution >= 0.6 is 0 Å². The van der Waals surface area contributed by atoms with E-state index >= 15 is 0 Å². The maximum atomic E-state index is 12.3. The van der Waals surface area contributed by atoms with Crippen molar-refractivity contribution in [3.05, 3.63) is 71.8 Å². The summed E-state index contributed by atoms with van der Waals surface area (Å²) < 4.78 is 10.8. The van der Waals surface area contributed by atoms with E-state index < -0.39 is 0 Å². The molecule has 1 amide bonds. The second-order valence-corrected chi connectivity index (χ2v) is 6.61. The van der Waals surface area contributed by atoms with Crippen LogP contribution in [0.1, 0.15) is 35.8 Å². The van der Waals surface area contributed by atoms with Crippen molar-refractivity contribution in [1.82, 2.24) is 5.32 Å². The Balaban J connectivity index is 1.62. The SMILES string of the molecule is COc1cc(C(C)=O)ccc1OCC(=O)NC(C)c1ccc2ccccc2c1. The summed E-state index contributed by atoms with van der Waals surface area (Å²) >= 11 is 0. The monoisotopic (exact) mass is 377 g/mol. The van der Waals surface area contributed by atoms with E-state index in [-0.39, 0.29) is 24.3 Å². The average Bonchev–Trinajstić information content (AvgIpc) is 2.71. The molecule has 5 nitrogen and oxygen atoms in total. The third-order valence-electron chi connectivity index (χ3n) is 4.58. The lowest BCUT2D eigenvalue weighted by Gasteiger charge is -2.16. The minimum absolute atomic E-state index is 0.0631. The molecule has 0 aliphatic carbocycles. The molecule has 0 aromatic heterocycles. The molecule has 1 atom stereocenters. The standard InChI is InChI=1S/C23H23NO4/c1-15(18-9-8-17-6-4-5-7-20(17)12-18)24-23(26)14-28-21-11-10-19(16(2)25)13-22(21)27-3/h4-13,15H,14H2,1-3H3,(H,24,26). The lowest BCUT2D eigenvalue weighted by Crippen LogP contribution is -2.31. The highest BCUT2D eigenvalue weighted by molar-refractivity contribution is 5.94. The zero-order valence-electron chi connectivity index (χ0n) is 16.2. The van der Waals surface area contributed by atoms with E-state index in [9.17, 15) is 9.59 Å². The molecule has 144 valence electrons. The first-order chi connectivity index (χ1) is 13.5. The number of ether oxygens (including phenoxy) is 2. The van der Waals surface area contributed by atoms with Gasteiger partial charge < -0.3 is 14.8 Å². The first kappa shape index (κ1) is 19.4. The number of rotatable bonds is 7. The Morgan fingerprint density at radius 3 is 2.43 bits per heavy atom. The number of benzene rings is 3. The van der Waals surface area contributed by atoms with Crippen molar-refractivity contribution in [2.45, 2.75) is 19.9 Å². The van der Waals surface area contributed by atoms with Gasteiger partial charge in [-0.25, -0.2) is 0 Å². The lowest BCUT2D eigenvalue weighted by atomic mass is 10.0. The van der Waals surface area contributed by atoms with Crippen LogP contribution in [-0.4, -0.2) is 25.4 Å². The van der Waals surface area contributed by atoms with Gasteiger partial charge in [-0.15, -0.1) is 0 Å². The molecule has 0 saturated carbocycles. The zero-order valence-corrected chi connectivity index (χ0v) is 16.2. The smallest absolute Gasteiger partial charge is 0.258 e. The third-order valence-corrected chi connectivity index (χ3v) is 4.58. The van der Waals surface area contributed by atoms with Crippen molar-refractivity contribution in [3.8, 4) is 11.5 Å². The number of carbonyl (C=O) groups excluding carboxylic acids is 2. The van der Waals surface area contributed by atoms with E-state index in [1.54, 1.807) is 18.2 Å². The fraction of sp³-hybridized carbons (Fsp3) is 0.217. The summed E-state index contributed by atoms with van der Waals surface area (Å²) in [6.45, 7) is 3.27. The highest BCUT2D eigenvalue weighted by atomic mass is 16.5. The summed E-state index contributed by atoms with van der Waals surface area (Å²) in [5, 5.41) is 5.23. The molecule has 1 unspecified atom stereocenters. The van der Waals surface area contributed by atoms with Crippen molar-refractivity contribution in [2.75, 3.05) is 13.7 Å². The Labute approximate surface area is 164 Å². The number of Topliss-reactive ketones (excluding diaryl/α,β-unsaturated/α-hetero) is 1. The van der Waals surface area contributed by atoms with Crippen LogP contribution in [0.2, 0.25) is 0 Å². The molecule has 0 radical (unpaired) electrons. The van der Waals surface area contributed by atoms with Crippen LogP contribution in [0.15, 0.2) is 60.7 Å². The topological polar surface area (TPSA) is 64.6 Å². The quantitative estimate of drug-likeness (QED) is 0.623. The maximum Gasteiger partial charge on any atom is 0.258 e. The largest absolute Gasteiger partial charge is 0.493 e. The van der Waals surface area contributed by atoms with Gasteiger partial charge in [-0.05, 0) is 54.4 Å². The molecule has 0 fully saturated rings. The summed E-state index contributed by atoms with van der Waals surface area (Å²) in [5.41, 5.74) is 1.55. The molecule has 5 heteroatoms. The maximum absolute atomic E-state index is 12.3.